The summed E-state index contributed by atoms with van der Waals surface area (Å²) in [5.41, 5.74) is 2.27. The molecule has 0 saturated heterocycles. The summed E-state index contributed by atoms with van der Waals surface area (Å²) in [7, 11) is 0. The van der Waals surface area contributed by atoms with E-state index in [1.165, 1.54) is 12.8 Å². The molecule has 4 nitrogen and oxygen atoms in total. The molecular formula is C14H18O4. The van der Waals surface area contributed by atoms with Crippen LogP contribution in [-0.2, 0) is 4.79 Å². The summed E-state index contributed by atoms with van der Waals surface area (Å²) in [5, 5.41) is 18.6. The van der Waals surface area contributed by atoms with Gasteiger partial charge in [-0.1, -0.05) is 12.1 Å². The Balaban J connectivity index is 2.30. The number of aryl methyl sites for hydroxylation is 1. The van der Waals surface area contributed by atoms with Gasteiger partial charge in [0, 0.05) is 5.56 Å². The Morgan fingerprint density at radius 2 is 2.11 bits per heavy atom. The molecule has 1 aromatic rings. The monoisotopic (exact) mass is 250 g/mol. The molecule has 2 N–H and O–H groups in total. The smallest absolute Gasteiger partial charge is 0.337 e. The van der Waals surface area contributed by atoms with Gasteiger partial charge < -0.3 is 14.9 Å². The van der Waals surface area contributed by atoms with E-state index in [1.807, 2.05) is 13.8 Å². The van der Waals surface area contributed by atoms with Crippen LogP contribution in [0.15, 0.2) is 12.1 Å². The molecule has 0 radical (unpaired) electrons. The topological polar surface area (TPSA) is 66.8 Å². The lowest BCUT2D eigenvalue weighted by atomic mass is 10.0. The summed E-state index contributed by atoms with van der Waals surface area (Å²) in [4.78, 5) is 10.9. The summed E-state index contributed by atoms with van der Waals surface area (Å²) in [6, 6.07) is 3.43. The second-order valence-electron chi connectivity index (χ2n) is 4.92. The van der Waals surface area contributed by atoms with Crippen LogP contribution in [0.3, 0.4) is 0 Å². The normalized spacial score (nSPS) is 16.4. The molecule has 0 heterocycles. The fourth-order valence-electron chi connectivity index (χ4n) is 1.84. The maximum Gasteiger partial charge on any atom is 0.337 e. The van der Waals surface area contributed by atoms with Crippen molar-refractivity contribution in [1.82, 2.24) is 0 Å². The number of aliphatic hydroxyl groups excluding tert-OH is 1. The molecule has 0 aliphatic heterocycles. The van der Waals surface area contributed by atoms with Crippen LogP contribution in [-0.4, -0.2) is 22.8 Å². The van der Waals surface area contributed by atoms with Gasteiger partial charge >= 0.3 is 5.97 Å². The number of hydrogen-bond donors (Lipinski definition) is 2. The highest BCUT2D eigenvalue weighted by Gasteiger charge is 2.26. The van der Waals surface area contributed by atoms with Crippen LogP contribution < -0.4 is 4.74 Å². The highest BCUT2D eigenvalue weighted by Crippen LogP contribution is 2.34. The Labute approximate surface area is 106 Å². The van der Waals surface area contributed by atoms with E-state index in [-0.39, 0.29) is 0 Å². The number of hydrogen-bond acceptors (Lipinski definition) is 3. The number of carboxylic acid groups (broad SMARTS) is 1. The first-order valence-electron chi connectivity index (χ1n) is 6.14. The van der Waals surface area contributed by atoms with E-state index in [0.29, 0.717) is 23.8 Å². The highest BCUT2D eigenvalue weighted by molar-refractivity contribution is 5.75. The van der Waals surface area contributed by atoms with Crippen molar-refractivity contribution in [2.45, 2.75) is 32.8 Å². The molecule has 0 spiro atoms. The molecule has 4 heteroatoms. The minimum absolute atomic E-state index is 0.339. The van der Waals surface area contributed by atoms with E-state index in [1.54, 1.807) is 12.1 Å². The second kappa shape index (κ2) is 4.98. The number of carboxylic acids is 1. The second-order valence-corrected chi connectivity index (χ2v) is 4.92. The molecule has 2 rings (SSSR count). The Hall–Kier alpha value is -1.55. The van der Waals surface area contributed by atoms with Gasteiger partial charge in [0.05, 0.1) is 6.61 Å². The predicted molar refractivity (Wildman–Crippen MR) is 66.7 cm³/mol. The van der Waals surface area contributed by atoms with E-state index in [9.17, 15) is 9.90 Å². The van der Waals surface area contributed by atoms with E-state index >= 15 is 0 Å². The molecule has 1 atom stereocenters. The van der Waals surface area contributed by atoms with E-state index in [4.69, 9.17) is 9.84 Å². The van der Waals surface area contributed by atoms with Crippen LogP contribution in [0.25, 0.3) is 0 Å². The molecule has 1 saturated carbocycles. The first-order chi connectivity index (χ1) is 8.50. The predicted octanol–water partition coefficient (Wildman–Crippen LogP) is 2.21. The molecule has 0 aromatic heterocycles. The molecule has 0 amide bonds. The van der Waals surface area contributed by atoms with Gasteiger partial charge in [-0.2, -0.15) is 0 Å². The van der Waals surface area contributed by atoms with Crippen molar-refractivity contribution in [3.8, 4) is 5.75 Å². The average molecular weight is 250 g/mol. The molecule has 1 aromatic carbocycles. The minimum atomic E-state index is -1.53. The first kappa shape index (κ1) is 12.9. The Morgan fingerprint density at radius 1 is 1.44 bits per heavy atom. The maximum absolute atomic E-state index is 10.9. The van der Waals surface area contributed by atoms with Crippen LogP contribution in [0.1, 0.15) is 35.6 Å². The third kappa shape index (κ3) is 2.64. The third-order valence-electron chi connectivity index (χ3n) is 3.40. The summed E-state index contributed by atoms with van der Waals surface area (Å²) in [5.74, 6) is -0.147. The quantitative estimate of drug-likeness (QED) is 0.840. The van der Waals surface area contributed by atoms with Crippen molar-refractivity contribution in [2.75, 3.05) is 6.61 Å². The average Bonchev–Trinajstić information content (AvgIpc) is 3.14. The lowest BCUT2D eigenvalue weighted by Crippen LogP contribution is -2.14. The van der Waals surface area contributed by atoms with Crippen molar-refractivity contribution in [3.05, 3.63) is 28.8 Å². The minimum Gasteiger partial charge on any atom is -0.493 e. The molecule has 1 fully saturated rings. The van der Waals surface area contributed by atoms with E-state index < -0.39 is 12.1 Å². The molecule has 0 bridgehead atoms. The standard InChI is InChI=1S/C14H18O4/c1-8-3-6-11(12(15)14(16)17)13(9(8)2)18-7-10-4-5-10/h3,6,10,12,15H,4-5,7H2,1-2H3,(H,16,17). The molecule has 98 valence electrons. The zero-order valence-electron chi connectivity index (χ0n) is 10.6. The number of aliphatic hydroxyl groups is 1. The Kier molecular flexibility index (Phi) is 3.57. The lowest BCUT2D eigenvalue weighted by Gasteiger charge is -2.17. The van der Waals surface area contributed by atoms with Gasteiger partial charge in [-0.05, 0) is 43.7 Å². The van der Waals surface area contributed by atoms with Crippen molar-refractivity contribution in [2.24, 2.45) is 5.92 Å². The SMILES string of the molecule is Cc1ccc(C(O)C(=O)O)c(OCC2CC2)c1C. The van der Waals surface area contributed by atoms with Gasteiger partial charge in [0.1, 0.15) is 5.75 Å². The number of rotatable bonds is 5. The largest absolute Gasteiger partial charge is 0.493 e. The molecular weight excluding hydrogens is 232 g/mol. The molecule has 1 aliphatic rings. The molecule has 1 aliphatic carbocycles. The first-order valence-corrected chi connectivity index (χ1v) is 6.14. The number of ether oxygens (including phenoxy) is 1. The van der Waals surface area contributed by atoms with Gasteiger partial charge in [0.25, 0.3) is 0 Å². The number of aliphatic carboxylic acids is 1. The van der Waals surface area contributed by atoms with Gasteiger partial charge in [-0.3, -0.25) is 0 Å². The van der Waals surface area contributed by atoms with Crippen LogP contribution in [0.4, 0.5) is 0 Å². The number of benzene rings is 1. The van der Waals surface area contributed by atoms with Crippen LogP contribution in [0, 0.1) is 19.8 Å². The van der Waals surface area contributed by atoms with Crippen molar-refractivity contribution in [3.63, 3.8) is 0 Å². The zero-order chi connectivity index (χ0) is 13.3. The summed E-state index contributed by atoms with van der Waals surface area (Å²) >= 11 is 0. The third-order valence-corrected chi connectivity index (χ3v) is 3.40. The Bertz CT molecular complexity index is 463. The van der Waals surface area contributed by atoms with E-state index in [2.05, 4.69) is 0 Å². The number of carbonyl (C=O) groups is 1. The van der Waals surface area contributed by atoms with Gasteiger partial charge in [0.2, 0.25) is 0 Å². The summed E-state index contributed by atoms with van der Waals surface area (Å²) < 4.78 is 5.72. The summed E-state index contributed by atoms with van der Waals surface area (Å²) in [6.45, 7) is 4.43. The van der Waals surface area contributed by atoms with Crippen molar-refractivity contribution >= 4 is 5.97 Å². The fourth-order valence-corrected chi connectivity index (χ4v) is 1.84. The van der Waals surface area contributed by atoms with Crippen molar-refractivity contribution in [1.29, 1.82) is 0 Å². The zero-order valence-corrected chi connectivity index (χ0v) is 10.6. The van der Waals surface area contributed by atoms with Gasteiger partial charge in [0.15, 0.2) is 6.10 Å². The van der Waals surface area contributed by atoms with Crippen LogP contribution in [0.2, 0.25) is 0 Å². The van der Waals surface area contributed by atoms with Gasteiger partial charge in [-0.15, -0.1) is 0 Å². The summed E-state index contributed by atoms with van der Waals surface area (Å²) in [6.07, 6.45) is 0.808. The molecule has 18 heavy (non-hydrogen) atoms. The Morgan fingerprint density at radius 3 is 2.67 bits per heavy atom. The van der Waals surface area contributed by atoms with E-state index in [0.717, 1.165) is 11.1 Å². The van der Waals surface area contributed by atoms with Crippen LogP contribution in [0.5, 0.6) is 5.75 Å². The lowest BCUT2D eigenvalue weighted by molar-refractivity contribution is -0.147. The van der Waals surface area contributed by atoms with Crippen LogP contribution >= 0.6 is 0 Å². The molecule has 1 unspecified atom stereocenters. The van der Waals surface area contributed by atoms with Crippen molar-refractivity contribution < 1.29 is 19.7 Å². The van der Waals surface area contributed by atoms with Gasteiger partial charge in [-0.25, -0.2) is 4.79 Å². The highest BCUT2D eigenvalue weighted by atomic mass is 16.5. The maximum atomic E-state index is 10.9. The fraction of sp³-hybridized carbons (Fsp3) is 0.500.